The van der Waals surface area contributed by atoms with Gasteiger partial charge in [-0.05, 0) is 36.8 Å². The lowest BCUT2D eigenvalue weighted by Crippen LogP contribution is -2.36. The third-order valence-corrected chi connectivity index (χ3v) is 3.22. The Balaban J connectivity index is 1.80. The van der Waals surface area contributed by atoms with Gasteiger partial charge in [-0.2, -0.15) is 0 Å². The zero-order chi connectivity index (χ0) is 18.2. The zero-order valence-corrected chi connectivity index (χ0v) is 13.6. The number of carbonyl (C=O) groups excluding carboxylic acids is 3. The van der Waals surface area contributed by atoms with Crippen LogP contribution in [-0.2, 0) is 14.4 Å². The summed E-state index contributed by atoms with van der Waals surface area (Å²) in [5.74, 6) is -1.51. The Morgan fingerprint density at radius 1 is 1.08 bits per heavy atom. The molecule has 0 saturated heterocycles. The highest BCUT2D eigenvalue weighted by atomic mass is 16.4. The number of hydrogen-bond acceptors (Lipinski definition) is 5. The molecule has 1 unspecified atom stereocenters. The van der Waals surface area contributed by atoms with E-state index in [1.165, 1.54) is 19.3 Å². The topological polar surface area (TPSA) is 121 Å². The molecule has 1 atom stereocenters. The quantitative estimate of drug-likeness (QED) is 0.590. The summed E-state index contributed by atoms with van der Waals surface area (Å²) < 4.78 is 5.05. The average molecular weight is 345 g/mol. The molecule has 8 nitrogen and oxygen atoms in total. The predicted molar refractivity (Wildman–Crippen MR) is 90.7 cm³/mol. The molecule has 1 aromatic carbocycles. The maximum Gasteiger partial charge on any atom is 0.313 e. The predicted octanol–water partition coefficient (Wildman–Crippen LogP) is 1.42. The molecule has 0 spiro atoms. The smallest absolute Gasteiger partial charge is 0.313 e. The number of aliphatic hydroxyl groups is 1. The molecule has 4 N–H and O–H groups in total. The van der Waals surface area contributed by atoms with E-state index in [0.717, 1.165) is 0 Å². The molecule has 0 aliphatic carbocycles. The van der Waals surface area contributed by atoms with Crippen molar-refractivity contribution in [2.24, 2.45) is 0 Å². The van der Waals surface area contributed by atoms with E-state index in [0.29, 0.717) is 17.1 Å². The Bertz CT molecular complexity index is 743. The largest absolute Gasteiger partial charge is 0.467 e. The summed E-state index contributed by atoms with van der Waals surface area (Å²) in [6.45, 7) is 1.48. The molecule has 0 aliphatic heterocycles. The lowest BCUT2D eigenvalue weighted by molar-refractivity contribution is -0.136. The van der Waals surface area contributed by atoms with Gasteiger partial charge in [-0.25, -0.2) is 0 Å². The third-order valence-electron chi connectivity index (χ3n) is 3.22. The van der Waals surface area contributed by atoms with Gasteiger partial charge in [0, 0.05) is 24.8 Å². The molecule has 8 heteroatoms. The Morgan fingerprint density at radius 3 is 2.44 bits per heavy atom. The van der Waals surface area contributed by atoms with Crippen LogP contribution in [0.3, 0.4) is 0 Å². The number of aliphatic hydroxyl groups excluding tert-OH is 1. The van der Waals surface area contributed by atoms with E-state index in [2.05, 4.69) is 16.0 Å². The molecule has 0 saturated carbocycles. The van der Waals surface area contributed by atoms with Gasteiger partial charge < -0.3 is 25.5 Å². The standard InChI is InChI=1S/C17H19N3O5/c1-11(21)19-12-4-2-5-13(10-12)20-17(24)16(23)18-8-7-14(22)15-6-3-9-25-15/h2-6,9-10,14,22H,7-8H2,1H3,(H,18,23)(H,19,21)(H,20,24). The average Bonchev–Trinajstić information content (AvgIpc) is 3.08. The monoisotopic (exact) mass is 345 g/mol. The summed E-state index contributed by atoms with van der Waals surface area (Å²) >= 11 is 0. The first-order chi connectivity index (χ1) is 12.0. The molecule has 2 rings (SSSR count). The molecule has 3 amide bonds. The third kappa shape index (κ3) is 5.78. The van der Waals surface area contributed by atoms with Crippen molar-refractivity contribution in [2.45, 2.75) is 19.4 Å². The number of nitrogens with one attached hydrogen (secondary N) is 3. The summed E-state index contributed by atoms with van der Waals surface area (Å²) in [6, 6.07) is 9.71. The number of rotatable bonds is 6. The number of amides is 3. The van der Waals surface area contributed by atoms with Gasteiger partial charge in [0.2, 0.25) is 5.91 Å². The Hall–Kier alpha value is -3.13. The van der Waals surface area contributed by atoms with E-state index in [1.807, 2.05) is 0 Å². The van der Waals surface area contributed by atoms with E-state index < -0.39 is 17.9 Å². The first-order valence-corrected chi connectivity index (χ1v) is 7.64. The first kappa shape index (κ1) is 18.2. The highest BCUT2D eigenvalue weighted by Crippen LogP contribution is 2.16. The Morgan fingerprint density at radius 2 is 1.80 bits per heavy atom. The van der Waals surface area contributed by atoms with Gasteiger partial charge in [0.25, 0.3) is 0 Å². The van der Waals surface area contributed by atoms with Gasteiger partial charge in [0.1, 0.15) is 11.9 Å². The van der Waals surface area contributed by atoms with Crippen LogP contribution >= 0.6 is 0 Å². The molecule has 25 heavy (non-hydrogen) atoms. The normalized spacial score (nSPS) is 11.4. The second kappa shape index (κ2) is 8.65. The molecule has 0 fully saturated rings. The number of benzene rings is 1. The van der Waals surface area contributed by atoms with Crippen LogP contribution < -0.4 is 16.0 Å². The van der Waals surface area contributed by atoms with Crippen molar-refractivity contribution in [3.05, 3.63) is 48.4 Å². The van der Waals surface area contributed by atoms with Crippen LogP contribution in [0.25, 0.3) is 0 Å². The SMILES string of the molecule is CC(=O)Nc1cccc(NC(=O)C(=O)NCCC(O)c2ccco2)c1. The van der Waals surface area contributed by atoms with Crippen LogP contribution in [0.4, 0.5) is 11.4 Å². The maximum absolute atomic E-state index is 11.9. The van der Waals surface area contributed by atoms with Crippen LogP contribution in [0.1, 0.15) is 25.2 Å². The van der Waals surface area contributed by atoms with Crippen LogP contribution in [0.5, 0.6) is 0 Å². The van der Waals surface area contributed by atoms with E-state index in [1.54, 1.807) is 30.3 Å². The number of hydrogen-bond donors (Lipinski definition) is 4. The number of furan rings is 1. The van der Waals surface area contributed by atoms with Crippen molar-refractivity contribution >= 4 is 29.1 Å². The minimum absolute atomic E-state index is 0.111. The van der Waals surface area contributed by atoms with Gasteiger partial charge in [0.15, 0.2) is 0 Å². The lowest BCUT2D eigenvalue weighted by atomic mass is 10.2. The highest BCUT2D eigenvalue weighted by molar-refractivity contribution is 6.39. The van der Waals surface area contributed by atoms with Gasteiger partial charge in [0.05, 0.1) is 6.26 Å². The minimum atomic E-state index is -0.854. The van der Waals surface area contributed by atoms with Crippen molar-refractivity contribution in [3.8, 4) is 0 Å². The van der Waals surface area contributed by atoms with E-state index in [4.69, 9.17) is 4.42 Å². The summed E-state index contributed by atoms with van der Waals surface area (Å²) in [6.07, 6.45) is 0.803. The Kier molecular flexibility index (Phi) is 6.30. The molecule has 2 aromatic rings. The van der Waals surface area contributed by atoms with Crippen LogP contribution in [0.2, 0.25) is 0 Å². The summed E-state index contributed by atoms with van der Waals surface area (Å²) in [5, 5.41) is 17.3. The maximum atomic E-state index is 11.9. The minimum Gasteiger partial charge on any atom is -0.467 e. The van der Waals surface area contributed by atoms with E-state index >= 15 is 0 Å². The van der Waals surface area contributed by atoms with Crippen molar-refractivity contribution in [3.63, 3.8) is 0 Å². The summed E-state index contributed by atoms with van der Waals surface area (Å²) in [7, 11) is 0. The highest BCUT2D eigenvalue weighted by Gasteiger charge is 2.15. The fourth-order valence-electron chi connectivity index (χ4n) is 2.09. The fraction of sp³-hybridized carbons (Fsp3) is 0.235. The second-order valence-electron chi connectivity index (χ2n) is 5.29. The van der Waals surface area contributed by atoms with E-state index in [-0.39, 0.29) is 18.9 Å². The molecule has 0 radical (unpaired) electrons. The number of carbonyl (C=O) groups is 3. The first-order valence-electron chi connectivity index (χ1n) is 7.64. The second-order valence-corrected chi connectivity index (χ2v) is 5.29. The zero-order valence-electron chi connectivity index (χ0n) is 13.6. The molecule has 0 bridgehead atoms. The number of anilines is 2. The molecule has 0 aliphatic rings. The summed E-state index contributed by atoms with van der Waals surface area (Å²) in [4.78, 5) is 34.7. The molecular formula is C17H19N3O5. The molecular weight excluding hydrogens is 326 g/mol. The van der Waals surface area contributed by atoms with Crippen molar-refractivity contribution < 1.29 is 23.9 Å². The van der Waals surface area contributed by atoms with Crippen LogP contribution in [-0.4, -0.2) is 29.4 Å². The Labute approximate surface area is 144 Å². The molecule has 1 aromatic heterocycles. The van der Waals surface area contributed by atoms with Gasteiger partial charge in [-0.3, -0.25) is 14.4 Å². The van der Waals surface area contributed by atoms with Crippen molar-refractivity contribution in [1.29, 1.82) is 0 Å². The van der Waals surface area contributed by atoms with Crippen LogP contribution in [0, 0.1) is 0 Å². The van der Waals surface area contributed by atoms with Gasteiger partial charge in [-0.1, -0.05) is 6.07 Å². The molecule has 132 valence electrons. The molecule has 1 heterocycles. The fourth-order valence-corrected chi connectivity index (χ4v) is 2.09. The van der Waals surface area contributed by atoms with Gasteiger partial charge in [-0.15, -0.1) is 0 Å². The lowest BCUT2D eigenvalue weighted by Gasteiger charge is -2.10. The van der Waals surface area contributed by atoms with Crippen molar-refractivity contribution in [1.82, 2.24) is 5.32 Å². The van der Waals surface area contributed by atoms with E-state index in [9.17, 15) is 19.5 Å². The van der Waals surface area contributed by atoms with Gasteiger partial charge >= 0.3 is 11.8 Å². The van der Waals surface area contributed by atoms with Crippen molar-refractivity contribution in [2.75, 3.05) is 17.2 Å². The van der Waals surface area contributed by atoms with Crippen LogP contribution in [0.15, 0.2) is 47.1 Å². The summed E-state index contributed by atoms with van der Waals surface area (Å²) in [5.41, 5.74) is 0.884.